The number of halogens is 1. The van der Waals surface area contributed by atoms with Crippen LogP contribution in [0.1, 0.15) is 18.3 Å². The van der Waals surface area contributed by atoms with Crippen molar-refractivity contribution >= 4 is 17.1 Å². The molecule has 136 valence electrons. The summed E-state index contributed by atoms with van der Waals surface area (Å²) in [7, 11) is 0. The minimum Gasteiger partial charge on any atom is -0.336 e. The monoisotopic (exact) mass is 354 g/mol. The fourth-order valence-corrected chi connectivity index (χ4v) is 3.05. The molecule has 0 spiro atoms. The van der Waals surface area contributed by atoms with E-state index in [9.17, 15) is 9.18 Å². The van der Waals surface area contributed by atoms with Crippen molar-refractivity contribution in [3.63, 3.8) is 0 Å². The van der Waals surface area contributed by atoms with Crippen molar-refractivity contribution in [3.8, 4) is 0 Å². The number of rotatable bonds is 6. The first-order valence-corrected chi connectivity index (χ1v) is 8.77. The van der Waals surface area contributed by atoms with Crippen molar-refractivity contribution in [2.75, 3.05) is 13.1 Å². The number of hydrogen-bond donors (Lipinski definition) is 1. The van der Waals surface area contributed by atoms with E-state index in [2.05, 4.69) is 14.9 Å². The van der Waals surface area contributed by atoms with Gasteiger partial charge in [-0.1, -0.05) is 24.3 Å². The zero-order chi connectivity index (χ0) is 18.5. The van der Waals surface area contributed by atoms with E-state index in [-0.39, 0.29) is 11.8 Å². The van der Waals surface area contributed by atoms with Gasteiger partial charge < -0.3 is 14.8 Å². The highest BCUT2D eigenvalue weighted by Gasteiger charge is 2.13. The average molecular weight is 354 g/mol. The van der Waals surface area contributed by atoms with E-state index in [1.165, 1.54) is 12.1 Å². The molecule has 5 nitrogen and oxygen atoms in total. The number of benzene rings is 2. The summed E-state index contributed by atoms with van der Waals surface area (Å²) >= 11 is 0. The molecule has 0 bridgehead atoms. The molecule has 3 rings (SSSR count). The number of nitrogens with zero attached hydrogens (tertiary/aromatic N) is 3. The second-order valence-corrected chi connectivity index (χ2v) is 6.18. The van der Waals surface area contributed by atoms with E-state index in [0.717, 1.165) is 22.4 Å². The fourth-order valence-electron chi connectivity index (χ4n) is 3.05. The van der Waals surface area contributed by atoms with Gasteiger partial charge in [-0.15, -0.1) is 0 Å². The predicted molar refractivity (Wildman–Crippen MR) is 100 cm³/mol. The first-order chi connectivity index (χ1) is 12.6. The Balaban J connectivity index is 1.59. The van der Waals surface area contributed by atoms with Crippen LogP contribution in [0.5, 0.6) is 0 Å². The maximum Gasteiger partial charge on any atom is 0.317 e. The molecule has 0 aliphatic carbocycles. The van der Waals surface area contributed by atoms with E-state index >= 15 is 0 Å². The van der Waals surface area contributed by atoms with E-state index < -0.39 is 0 Å². The third-order valence-electron chi connectivity index (χ3n) is 4.39. The molecule has 0 aliphatic heterocycles. The molecule has 0 atom stereocenters. The highest BCUT2D eigenvalue weighted by atomic mass is 19.1. The summed E-state index contributed by atoms with van der Waals surface area (Å²) in [4.78, 5) is 18.6. The molecule has 26 heavy (non-hydrogen) atoms. The molecule has 2 amide bonds. The highest BCUT2D eigenvalue weighted by molar-refractivity contribution is 5.76. The van der Waals surface area contributed by atoms with Crippen LogP contribution in [0.15, 0.2) is 48.5 Å². The van der Waals surface area contributed by atoms with Crippen LogP contribution in [0.25, 0.3) is 11.0 Å². The summed E-state index contributed by atoms with van der Waals surface area (Å²) in [6.45, 7) is 5.95. The van der Waals surface area contributed by atoms with Gasteiger partial charge in [0.15, 0.2) is 0 Å². The minimum atomic E-state index is -0.290. The Kier molecular flexibility index (Phi) is 5.51. The molecule has 3 aromatic rings. The largest absolute Gasteiger partial charge is 0.336 e. The summed E-state index contributed by atoms with van der Waals surface area (Å²) < 4.78 is 15.4. The Morgan fingerprint density at radius 1 is 1.23 bits per heavy atom. The highest BCUT2D eigenvalue weighted by Crippen LogP contribution is 2.15. The normalized spacial score (nSPS) is 10.9. The Morgan fingerprint density at radius 2 is 2.04 bits per heavy atom. The van der Waals surface area contributed by atoms with Crippen molar-refractivity contribution in [1.29, 1.82) is 0 Å². The maximum atomic E-state index is 13.3. The van der Waals surface area contributed by atoms with Crippen LogP contribution in [0.4, 0.5) is 9.18 Å². The molecule has 1 N–H and O–H groups in total. The third kappa shape index (κ3) is 4.02. The molecule has 0 unspecified atom stereocenters. The van der Waals surface area contributed by atoms with Gasteiger partial charge in [0, 0.05) is 26.2 Å². The smallest absolute Gasteiger partial charge is 0.317 e. The molecular formula is C20H23FN4O. The molecule has 0 aliphatic rings. The molecule has 6 heteroatoms. The number of urea groups is 1. The number of imidazole rings is 1. The lowest BCUT2D eigenvalue weighted by atomic mass is 10.2. The maximum absolute atomic E-state index is 13.3. The van der Waals surface area contributed by atoms with E-state index in [1.807, 2.05) is 44.2 Å². The topological polar surface area (TPSA) is 50.2 Å². The number of aryl methyl sites for hydroxylation is 1. The predicted octanol–water partition coefficient (Wildman–Crippen LogP) is 3.72. The van der Waals surface area contributed by atoms with Crippen molar-refractivity contribution in [2.45, 2.75) is 26.9 Å². The molecule has 0 saturated carbocycles. The van der Waals surface area contributed by atoms with Crippen molar-refractivity contribution in [3.05, 3.63) is 65.7 Å². The van der Waals surface area contributed by atoms with Gasteiger partial charge in [0.1, 0.15) is 11.6 Å². The Hall–Kier alpha value is -2.89. The number of nitrogens with one attached hydrogen (secondary N) is 1. The number of carbonyl (C=O) groups excluding carboxylic acids is 1. The molecule has 1 heterocycles. The van der Waals surface area contributed by atoms with Crippen molar-refractivity contribution in [2.24, 2.45) is 0 Å². The van der Waals surface area contributed by atoms with Crippen molar-refractivity contribution in [1.82, 2.24) is 19.8 Å². The Bertz CT molecular complexity index is 906. The van der Waals surface area contributed by atoms with Gasteiger partial charge in [-0.05, 0) is 43.7 Å². The van der Waals surface area contributed by atoms with E-state index in [4.69, 9.17) is 0 Å². The zero-order valence-corrected chi connectivity index (χ0v) is 15.1. The summed E-state index contributed by atoms with van der Waals surface area (Å²) in [6.07, 6.45) is 0. The van der Waals surface area contributed by atoms with Gasteiger partial charge in [-0.25, -0.2) is 14.2 Å². The molecule has 0 saturated heterocycles. The van der Waals surface area contributed by atoms with Gasteiger partial charge >= 0.3 is 6.03 Å². The van der Waals surface area contributed by atoms with Gasteiger partial charge in [0.05, 0.1) is 11.0 Å². The number of amides is 2. The van der Waals surface area contributed by atoms with E-state index in [0.29, 0.717) is 26.2 Å². The number of aromatic nitrogens is 2. The van der Waals surface area contributed by atoms with Gasteiger partial charge in [-0.3, -0.25) is 0 Å². The quantitative estimate of drug-likeness (QED) is 0.733. The molecule has 1 aromatic heterocycles. The second kappa shape index (κ2) is 7.99. The van der Waals surface area contributed by atoms with Gasteiger partial charge in [-0.2, -0.15) is 0 Å². The van der Waals surface area contributed by atoms with Crippen molar-refractivity contribution < 1.29 is 9.18 Å². The summed E-state index contributed by atoms with van der Waals surface area (Å²) in [5.41, 5.74) is 2.79. The fraction of sp³-hybridized carbons (Fsp3) is 0.300. The van der Waals surface area contributed by atoms with Crippen LogP contribution in [0.3, 0.4) is 0 Å². The summed E-state index contributed by atoms with van der Waals surface area (Å²) in [6, 6.07) is 14.1. The molecular weight excluding hydrogens is 331 g/mol. The Morgan fingerprint density at radius 3 is 2.81 bits per heavy atom. The zero-order valence-electron chi connectivity index (χ0n) is 15.1. The number of hydrogen-bond acceptors (Lipinski definition) is 2. The molecule has 0 radical (unpaired) electrons. The number of carbonyl (C=O) groups is 1. The van der Waals surface area contributed by atoms with Crippen LogP contribution >= 0.6 is 0 Å². The van der Waals surface area contributed by atoms with Gasteiger partial charge in [0.2, 0.25) is 0 Å². The Labute approximate surface area is 152 Å². The number of fused-ring (bicyclic) bond motifs is 1. The minimum absolute atomic E-state index is 0.154. The third-order valence-corrected chi connectivity index (χ3v) is 4.39. The standard InChI is InChI=1S/C20H23FN4O/c1-3-24(14-16-7-6-8-17(21)13-16)20(26)22-11-12-25-15(2)23-18-9-4-5-10-19(18)25/h4-10,13H,3,11-12,14H2,1-2H3,(H,22,26). The first-order valence-electron chi connectivity index (χ1n) is 8.77. The average Bonchev–Trinajstić information content (AvgIpc) is 2.95. The van der Waals surface area contributed by atoms with Gasteiger partial charge in [0.25, 0.3) is 0 Å². The lowest BCUT2D eigenvalue weighted by molar-refractivity contribution is 0.197. The lowest BCUT2D eigenvalue weighted by Crippen LogP contribution is -2.40. The summed E-state index contributed by atoms with van der Waals surface area (Å²) in [5.74, 6) is 0.633. The lowest BCUT2D eigenvalue weighted by Gasteiger charge is -2.21. The van der Waals surface area contributed by atoms with Crippen LogP contribution in [-0.4, -0.2) is 33.6 Å². The van der Waals surface area contributed by atoms with Crippen LogP contribution in [0, 0.1) is 12.7 Å². The SMILES string of the molecule is CCN(Cc1cccc(F)c1)C(=O)NCCn1c(C)nc2ccccc21. The van der Waals surface area contributed by atoms with Crippen LogP contribution < -0.4 is 5.32 Å². The first kappa shape index (κ1) is 17.9. The second-order valence-electron chi connectivity index (χ2n) is 6.18. The van der Waals surface area contributed by atoms with Crippen LogP contribution in [-0.2, 0) is 13.1 Å². The van der Waals surface area contributed by atoms with E-state index in [1.54, 1.807) is 11.0 Å². The summed E-state index contributed by atoms with van der Waals surface area (Å²) in [5, 5.41) is 2.94. The molecule has 2 aromatic carbocycles. The van der Waals surface area contributed by atoms with Crippen LogP contribution in [0.2, 0.25) is 0 Å². The molecule has 0 fully saturated rings. The number of para-hydroxylation sites is 2.